The van der Waals surface area contributed by atoms with Crippen molar-refractivity contribution in [3.05, 3.63) is 36.5 Å². The summed E-state index contributed by atoms with van der Waals surface area (Å²) in [6.07, 6.45) is 62.6. The molecule has 0 aromatic heterocycles. The molecule has 0 fully saturated rings. The van der Waals surface area contributed by atoms with Crippen LogP contribution >= 0.6 is 0 Å². The van der Waals surface area contributed by atoms with Crippen LogP contribution in [0.15, 0.2) is 36.5 Å². The summed E-state index contributed by atoms with van der Waals surface area (Å²) in [5, 5.41) is 23.2. The van der Waals surface area contributed by atoms with Crippen molar-refractivity contribution in [2.75, 3.05) is 13.2 Å². The Morgan fingerprint density at radius 2 is 0.806 bits per heavy atom. The van der Waals surface area contributed by atoms with Crippen molar-refractivity contribution in [3.8, 4) is 0 Å². The quantitative estimate of drug-likeness (QED) is 0.0321. The summed E-state index contributed by atoms with van der Waals surface area (Å²) < 4.78 is 5.46. The van der Waals surface area contributed by atoms with Gasteiger partial charge in [-0.2, -0.15) is 0 Å². The van der Waals surface area contributed by atoms with E-state index < -0.39 is 12.1 Å². The molecule has 0 rings (SSSR count). The second kappa shape index (κ2) is 51.7. The number of aliphatic hydroxyl groups is 2. The lowest BCUT2D eigenvalue weighted by atomic mass is 10.0. The predicted molar refractivity (Wildman–Crippen MR) is 269 cm³/mol. The molecule has 0 saturated heterocycles. The SMILES string of the molecule is CCCCCC/C=C\C/C=C\CCCCCCCCCC(=O)OCCCCCC/C=C\CCCCCCCCCC(=O)NC(CO)C(O)CCCCCCCCCCCCCC. The fourth-order valence-electron chi connectivity index (χ4n) is 8.19. The summed E-state index contributed by atoms with van der Waals surface area (Å²) in [6.45, 7) is 4.89. The maximum absolute atomic E-state index is 12.4. The van der Waals surface area contributed by atoms with Gasteiger partial charge in [-0.1, -0.05) is 224 Å². The maximum Gasteiger partial charge on any atom is 0.305 e. The third-order valence-corrected chi connectivity index (χ3v) is 12.4. The molecular formula is C56H105NO5. The second-order valence-electron chi connectivity index (χ2n) is 18.6. The zero-order valence-corrected chi connectivity index (χ0v) is 41.4. The minimum atomic E-state index is -0.674. The maximum atomic E-state index is 12.4. The van der Waals surface area contributed by atoms with Crippen LogP contribution in [0.1, 0.15) is 284 Å². The Kier molecular flexibility index (Phi) is 50.1. The number of allylic oxidation sites excluding steroid dienone is 6. The third-order valence-electron chi connectivity index (χ3n) is 12.4. The molecule has 6 nitrogen and oxygen atoms in total. The number of carbonyl (C=O) groups excluding carboxylic acids is 2. The molecule has 0 radical (unpaired) electrons. The lowest BCUT2D eigenvalue weighted by Gasteiger charge is -2.22. The zero-order chi connectivity index (χ0) is 45.1. The predicted octanol–water partition coefficient (Wildman–Crippen LogP) is 16.5. The Labute approximate surface area is 385 Å². The van der Waals surface area contributed by atoms with Crippen LogP contribution in [0, 0.1) is 0 Å². The van der Waals surface area contributed by atoms with Crippen molar-refractivity contribution in [1.29, 1.82) is 0 Å². The number of nitrogens with one attached hydrogen (secondary N) is 1. The van der Waals surface area contributed by atoms with E-state index in [4.69, 9.17) is 4.74 Å². The molecule has 0 aliphatic rings. The number of aliphatic hydroxyl groups excluding tert-OH is 2. The smallest absolute Gasteiger partial charge is 0.305 e. The summed E-state index contributed by atoms with van der Waals surface area (Å²) in [5.74, 6) is -0.0694. The summed E-state index contributed by atoms with van der Waals surface area (Å²) in [5.41, 5.74) is 0. The van der Waals surface area contributed by atoms with Crippen LogP contribution in [0.4, 0.5) is 0 Å². The van der Waals surface area contributed by atoms with Crippen molar-refractivity contribution in [2.45, 2.75) is 296 Å². The number of ether oxygens (including phenoxy) is 1. The van der Waals surface area contributed by atoms with E-state index in [2.05, 4.69) is 55.6 Å². The number of hydrogen-bond acceptors (Lipinski definition) is 5. The van der Waals surface area contributed by atoms with E-state index in [1.807, 2.05) is 0 Å². The average molecular weight is 872 g/mol. The lowest BCUT2D eigenvalue weighted by Crippen LogP contribution is -2.45. The summed E-state index contributed by atoms with van der Waals surface area (Å²) in [4.78, 5) is 24.5. The van der Waals surface area contributed by atoms with Crippen molar-refractivity contribution in [2.24, 2.45) is 0 Å². The van der Waals surface area contributed by atoms with E-state index in [1.54, 1.807) is 0 Å². The van der Waals surface area contributed by atoms with Crippen LogP contribution in [0.25, 0.3) is 0 Å². The standard InChI is InChI=1S/C56H105NO5/c1-3-5-7-9-11-13-15-17-18-19-20-23-26-30-34-38-42-46-50-56(61)62-51-47-43-39-35-31-27-24-21-22-25-29-33-37-41-45-49-55(60)57-53(52-58)54(59)48-44-40-36-32-28-16-14-12-10-8-6-4-2/h13,15,18-19,24,27,53-54,58-59H,3-12,14,16-17,20-23,25-26,28-52H2,1-2H3,(H,57,60)/b15-13-,19-18-,27-24-. The Bertz CT molecular complexity index is 1010. The van der Waals surface area contributed by atoms with Crippen LogP contribution in [-0.2, 0) is 14.3 Å². The first kappa shape index (κ1) is 60.1. The van der Waals surface area contributed by atoms with Gasteiger partial charge in [0.15, 0.2) is 0 Å². The Hall–Kier alpha value is -1.92. The van der Waals surface area contributed by atoms with Crippen LogP contribution in [0.3, 0.4) is 0 Å². The molecule has 1 amide bonds. The Morgan fingerprint density at radius 1 is 0.452 bits per heavy atom. The fraction of sp³-hybridized carbons (Fsp3) is 0.857. The number of unbranched alkanes of at least 4 members (excludes halogenated alkanes) is 33. The molecule has 3 N–H and O–H groups in total. The van der Waals surface area contributed by atoms with Gasteiger partial charge in [0, 0.05) is 12.8 Å². The van der Waals surface area contributed by atoms with Crippen molar-refractivity contribution in [1.82, 2.24) is 5.32 Å². The highest BCUT2D eigenvalue weighted by Crippen LogP contribution is 2.16. The number of rotatable bonds is 50. The number of carbonyl (C=O) groups is 2. The van der Waals surface area contributed by atoms with E-state index in [0.29, 0.717) is 25.9 Å². The number of amides is 1. The molecule has 0 aromatic carbocycles. The molecule has 2 atom stereocenters. The van der Waals surface area contributed by atoms with Crippen LogP contribution in [0.5, 0.6) is 0 Å². The summed E-state index contributed by atoms with van der Waals surface area (Å²) in [6, 6.07) is -0.552. The molecular weight excluding hydrogens is 767 g/mol. The fourth-order valence-corrected chi connectivity index (χ4v) is 8.19. The Morgan fingerprint density at radius 3 is 1.26 bits per heavy atom. The molecule has 0 aromatic rings. The largest absolute Gasteiger partial charge is 0.466 e. The monoisotopic (exact) mass is 872 g/mol. The van der Waals surface area contributed by atoms with E-state index in [-0.39, 0.29) is 18.5 Å². The number of hydrogen-bond donors (Lipinski definition) is 3. The molecule has 62 heavy (non-hydrogen) atoms. The second-order valence-corrected chi connectivity index (χ2v) is 18.6. The van der Waals surface area contributed by atoms with Gasteiger partial charge in [-0.15, -0.1) is 0 Å². The lowest BCUT2D eigenvalue weighted by molar-refractivity contribution is -0.143. The molecule has 0 spiro atoms. The van der Waals surface area contributed by atoms with Gasteiger partial charge in [-0.25, -0.2) is 0 Å². The number of esters is 1. The van der Waals surface area contributed by atoms with Crippen molar-refractivity contribution >= 4 is 11.9 Å². The highest BCUT2D eigenvalue weighted by molar-refractivity contribution is 5.76. The van der Waals surface area contributed by atoms with Gasteiger partial charge in [0.25, 0.3) is 0 Å². The molecule has 0 bridgehead atoms. The van der Waals surface area contributed by atoms with E-state index in [1.165, 1.54) is 173 Å². The topological polar surface area (TPSA) is 95.9 Å². The summed E-state index contributed by atoms with van der Waals surface area (Å²) in [7, 11) is 0. The van der Waals surface area contributed by atoms with Crippen LogP contribution < -0.4 is 5.32 Å². The average Bonchev–Trinajstić information content (AvgIpc) is 3.27. The Balaban J connectivity index is 3.47. The van der Waals surface area contributed by atoms with Crippen LogP contribution in [0.2, 0.25) is 0 Å². The normalized spacial score (nSPS) is 12.9. The molecule has 0 heterocycles. The van der Waals surface area contributed by atoms with Crippen molar-refractivity contribution < 1.29 is 24.5 Å². The molecule has 364 valence electrons. The third kappa shape index (κ3) is 47.6. The first-order chi connectivity index (χ1) is 30.5. The van der Waals surface area contributed by atoms with E-state index in [9.17, 15) is 19.8 Å². The van der Waals surface area contributed by atoms with Gasteiger partial charge < -0.3 is 20.3 Å². The molecule has 2 unspecified atom stereocenters. The van der Waals surface area contributed by atoms with Gasteiger partial charge in [0.05, 0.1) is 25.4 Å². The van der Waals surface area contributed by atoms with Gasteiger partial charge in [0.1, 0.15) is 0 Å². The minimum Gasteiger partial charge on any atom is -0.466 e. The van der Waals surface area contributed by atoms with Gasteiger partial charge in [-0.3, -0.25) is 9.59 Å². The van der Waals surface area contributed by atoms with Gasteiger partial charge in [-0.05, 0) is 83.5 Å². The zero-order valence-electron chi connectivity index (χ0n) is 41.4. The van der Waals surface area contributed by atoms with Crippen molar-refractivity contribution in [3.63, 3.8) is 0 Å². The molecule has 0 aliphatic carbocycles. The van der Waals surface area contributed by atoms with E-state index >= 15 is 0 Å². The highest BCUT2D eigenvalue weighted by atomic mass is 16.5. The highest BCUT2D eigenvalue weighted by Gasteiger charge is 2.20. The van der Waals surface area contributed by atoms with Gasteiger partial charge in [0.2, 0.25) is 5.91 Å². The first-order valence-corrected chi connectivity index (χ1v) is 27.2. The molecule has 6 heteroatoms. The minimum absolute atomic E-state index is 0.0178. The van der Waals surface area contributed by atoms with Gasteiger partial charge >= 0.3 is 5.97 Å². The first-order valence-electron chi connectivity index (χ1n) is 27.2. The molecule has 0 saturated carbocycles. The van der Waals surface area contributed by atoms with Crippen LogP contribution in [-0.4, -0.2) is 47.4 Å². The summed E-state index contributed by atoms with van der Waals surface area (Å²) >= 11 is 0. The van der Waals surface area contributed by atoms with E-state index in [0.717, 1.165) is 77.0 Å². The molecule has 0 aliphatic heterocycles.